The average Bonchev–Trinajstić information content (AvgIpc) is 2.87. The monoisotopic (exact) mass is 342 g/mol. The SMILES string of the molecule is COCCN(Cc1ccc(C)cc1)C(=O)c1c(C)[nH]c(C(C)=O)c1C. The van der Waals surface area contributed by atoms with Crippen LogP contribution in [0.2, 0.25) is 0 Å². The van der Waals surface area contributed by atoms with Gasteiger partial charge < -0.3 is 14.6 Å². The number of hydrogen-bond acceptors (Lipinski definition) is 3. The summed E-state index contributed by atoms with van der Waals surface area (Å²) >= 11 is 0. The van der Waals surface area contributed by atoms with Crippen molar-refractivity contribution in [2.45, 2.75) is 34.2 Å². The zero-order valence-corrected chi connectivity index (χ0v) is 15.6. The lowest BCUT2D eigenvalue weighted by Gasteiger charge is -2.23. The summed E-state index contributed by atoms with van der Waals surface area (Å²) in [4.78, 5) is 29.7. The number of methoxy groups -OCH3 is 1. The van der Waals surface area contributed by atoms with Crippen LogP contribution in [0, 0.1) is 20.8 Å². The molecule has 2 aromatic rings. The third-order valence-electron chi connectivity index (χ3n) is 4.35. The van der Waals surface area contributed by atoms with E-state index in [-0.39, 0.29) is 11.7 Å². The molecule has 25 heavy (non-hydrogen) atoms. The molecule has 0 spiro atoms. The van der Waals surface area contributed by atoms with E-state index in [9.17, 15) is 9.59 Å². The predicted octanol–water partition coefficient (Wildman–Crippen LogP) is 3.43. The summed E-state index contributed by atoms with van der Waals surface area (Å²) in [6.07, 6.45) is 0. The first kappa shape index (κ1) is 18.9. The maximum absolute atomic E-state index is 13.1. The summed E-state index contributed by atoms with van der Waals surface area (Å²) in [5.41, 5.74) is 4.76. The number of Topliss-reactive ketones (excluding diaryl/α,β-unsaturated/α-hetero) is 1. The third kappa shape index (κ3) is 4.37. The van der Waals surface area contributed by atoms with E-state index in [4.69, 9.17) is 4.74 Å². The van der Waals surface area contributed by atoms with E-state index in [1.54, 1.807) is 12.0 Å². The van der Waals surface area contributed by atoms with Crippen molar-refractivity contribution < 1.29 is 14.3 Å². The van der Waals surface area contributed by atoms with E-state index >= 15 is 0 Å². The highest BCUT2D eigenvalue weighted by Crippen LogP contribution is 2.21. The summed E-state index contributed by atoms with van der Waals surface area (Å²) in [5.74, 6) is -0.155. The molecule has 5 nitrogen and oxygen atoms in total. The lowest BCUT2D eigenvalue weighted by atomic mass is 10.1. The fourth-order valence-electron chi connectivity index (χ4n) is 2.95. The molecule has 134 valence electrons. The number of nitrogens with one attached hydrogen (secondary N) is 1. The van der Waals surface area contributed by atoms with Crippen molar-refractivity contribution in [2.75, 3.05) is 20.3 Å². The molecule has 1 amide bonds. The minimum Gasteiger partial charge on any atom is -0.383 e. The van der Waals surface area contributed by atoms with Gasteiger partial charge >= 0.3 is 0 Å². The number of ketones is 1. The van der Waals surface area contributed by atoms with Crippen LogP contribution in [0.4, 0.5) is 0 Å². The number of rotatable bonds is 7. The Bertz CT molecular complexity index is 760. The molecule has 0 saturated carbocycles. The van der Waals surface area contributed by atoms with Crippen LogP contribution in [-0.2, 0) is 11.3 Å². The number of aromatic amines is 1. The molecule has 0 aliphatic rings. The van der Waals surface area contributed by atoms with Crippen molar-refractivity contribution in [3.05, 3.63) is 57.9 Å². The topological polar surface area (TPSA) is 62.4 Å². The maximum Gasteiger partial charge on any atom is 0.256 e. The molecule has 5 heteroatoms. The number of carbonyl (C=O) groups is 2. The molecule has 1 heterocycles. The van der Waals surface area contributed by atoms with Gasteiger partial charge in [-0.3, -0.25) is 9.59 Å². The molecule has 0 bridgehead atoms. The molecule has 0 radical (unpaired) electrons. The third-order valence-corrected chi connectivity index (χ3v) is 4.35. The van der Waals surface area contributed by atoms with Gasteiger partial charge in [-0.1, -0.05) is 29.8 Å². The quantitative estimate of drug-likeness (QED) is 0.784. The molecule has 1 N–H and O–H groups in total. The molecule has 2 rings (SSSR count). The first-order chi connectivity index (χ1) is 11.8. The van der Waals surface area contributed by atoms with Crippen LogP contribution in [0.1, 0.15) is 50.2 Å². The average molecular weight is 342 g/mol. The van der Waals surface area contributed by atoms with Gasteiger partial charge in [0.25, 0.3) is 5.91 Å². The highest BCUT2D eigenvalue weighted by Gasteiger charge is 2.24. The van der Waals surface area contributed by atoms with E-state index in [1.807, 2.05) is 45.0 Å². The Morgan fingerprint density at radius 2 is 1.76 bits per heavy atom. The Morgan fingerprint density at radius 1 is 1.12 bits per heavy atom. The first-order valence-corrected chi connectivity index (χ1v) is 8.39. The molecule has 1 aromatic heterocycles. The van der Waals surface area contributed by atoms with E-state index in [0.29, 0.717) is 36.5 Å². The van der Waals surface area contributed by atoms with Crippen molar-refractivity contribution >= 4 is 11.7 Å². The molecule has 0 unspecified atom stereocenters. The van der Waals surface area contributed by atoms with Crippen molar-refractivity contribution in [1.82, 2.24) is 9.88 Å². The second kappa shape index (κ2) is 8.12. The smallest absolute Gasteiger partial charge is 0.256 e. The van der Waals surface area contributed by atoms with Crippen LogP contribution >= 0.6 is 0 Å². The van der Waals surface area contributed by atoms with Crippen LogP contribution in [0.5, 0.6) is 0 Å². The fraction of sp³-hybridized carbons (Fsp3) is 0.400. The Hall–Kier alpha value is -2.40. The van der Waals surface area contributed by atoms with Gasteiger partial charge in [0.05, 0.1) is 17.9 Å². The number of H-pyrrole nitrogens is 1. The zero-order valence-electron chi connectivity index (χ0n) is 15.6. The molecule has 0 aliphatic carbocycles. The van der Waals surface area contributed by atoms with Gasteiger partial charge in [-0.05, 0) is 31.9 Å². The fourth-order valence-corrected chi connectivity index (χ4v) is 2.95. The number of amides is 1. The van der Waals surface area contributed by atoms with Crippen LogP contribution < -0.4 is 0 Å². The molecular formula is C20H26N2O3. The van der Waals surface area contributed by atoms with Gasteiger partial charge in [-0.25, -0.2) is 0 Å². The number of carbonyl (C=O) groups excluding carboxylic acids is 2. The Labute approximate surface area is 149 Å². The molecule has 0 atom stereocenters. The van der Waals surface area contributed by atoms with Crippen molar-refractivity contribution in [3.63, 3.8) is 0 Å². The molecule has 0 fully saturated rings. The van der Waals surface area contributed by atoms with E-state index in [2.05, 4.69) is 4.98 Å². The van der Waals surface area contributed by atoms with Gasteiger partial charge in [0.1, 0.15) is 0 Å². The number of nitrogens with zero attached hydrogens (tertiary/aromatic N) is 1. The van der Waals surface area contributed by atoms with Gasteiger partial charge in [0, 0.05) is 32.8 Å². The van der Waals surface area contributed by atoms with Crippen LogP contribution in [0.15, 0.2) is 24.3 Å². The summed E-state index contributed by atoms with van der Waals surface area (Å²) < 4.78 is 5.16. The summed E-state index contributed by atoms with van der Waals surface area (Å²) in [5, 5.41) is 0. The van der Waals surface area contributed by atoms with Gasteiger partial charge in [0.2, 0.25) is 0 Å². The van der Waals surface area contributed by atoms with E-state index in [1.165, 1.54) is 12.5 Å². The second-order valence-corrected chi connectivity index (χ2v) is 6.39. The van der Waals surface area contributed by atoms with Crippen LogP contribution in [0.3, 0.4) is 0 Å². The lowest BCUT2D eigenvalue weighted by Crippen LogP contribution is -2.34. The van der Waals surface area contributed by atoms with Gasteiger partial charge in [-0.15, -0.1) is 0 Å². The Morgan fingerprint density at radius 3 is 2.28 bits per heavy atom. The van der Waals surface area contributed by atoms with Gasteiger partial charge in [-0.2, -0.15) is 0 Å². The largest absolute Gasteiger partial charge is 0.383 e. The normalized spacial score (nSPS) is 10.8. The Kier molecular flexibility index (Phi) is 6.15. The number of benzene rings is 1. The Balaban J connectivity index is 2.32. The molecule has 0 aliphatic heterocycles. The number of aryl methyl sites for hydroxylation is 2. The molecular weight excluding hydrogens is 316 g/mol. The lowest BCUT2D eigenvalue weighted by molar-refractivity contribution is 0.0679. The second-order valence-electron chi connectivity index (χ2n) is 6.39. The molecule has 0 saturated heterocycles. The highest BCUT2D eigenvalue weighted by atomic mass is 16.5. The molecule has 1 aromatic carbocycles. The predicted molar refractivity (Wildman–Crippen MR) is 98.1 cm³/mol. The van der Waals surface area contributed by atoms with Crippen molar-refractivity contribution in [1.29, 1.82) is 0 Å². The van der Waals surface area contributed by atoms with E-state index < -0.39 is 0 Å². The minimum absolute atomic E-state index is 0.0679. The summed E-state index contributed by atoms with van der Waals surface area (Å²) in [6.45, 7) is 8.63. The van der Waals surface area contributed by atoms with Gasteiger partial charge in [0.15, 0.2) is 5.78 Å². The van der Waals surface area contributed by atoms with E-state index in [0.717, 1.165) is 11.3 Å². The highest BCUT2D eigenvalue weighted by molar-refractivity contribution is 6.02. The first-order valence-electron chi connectivity index (χ1n) is 8.39. The summed E-state index contributed by atoms with van der Waals surface area (Å²) in [6, 6.07) is 8.13. The standard InChI is InChI=1S/C20H26N2O3/c1-13-6-8-17(9-7-13)12-22(10-11-25-5)20(24)18-14(2)19(16(4)23)21-15(18)3/h6-9,21H,10-12H2,1-5H3. The van der Waals surface area contributed by atoms with Crippen LogP contribution in [-0.4, -0.2) is 41.8 Å². The number of ether oxygens (including phenoxy) is 1. The minimum atomic E-state index is -0.0867. The maximum atomic E-state index is 13.1. The van der Waals surface area contributed by atoms with Crippen molar-refractivity contribution in [3.8, 4) is 0 Å². The van der Waals surface area contributed by atoms with Crippen LogP contribution in [0.25, 0.3) is 0 Å². The number of aromatic nitrogens is 1. The van der Waals surface area contributed by atoms with Crippen molar-refractivity contribution in [2.24, 2.45) is 0 Å². The summed E-state index contributed by atoms with van der Waals surface area (Å²) in [7, 11) is 1.62. The number of hydrogen-bond donors (Lipinski definition) is 1. The zero-order chi connectivity index (χ0) is 18.6.